The zero-order valence-corrected chi connectivity index (χ0v) is 8.13. The Morgan fingerprint density at radius 2 is 2.25 bits per heavy atom. The van der Waals surface area contributed by atoms with Crippen LogP contribution in [0, 0.1) is 5.92 Å². The van der Waals surface area contributed by atoms with E-state index in [1.807, 2.05) is 18.9 Å². The third-order valence-corrected chi connectivity index (χ3v) is 2.69. The first-order valence-corrected chi connectivity index (χ1v) is 4.64. The van der Waals surface area contributed by atoms with E-state index in [0.717, 1.165) is 19.5 Å². The molecule has 0 aromatic carbocycles. The molecular weight excluding hydrogens is 152 g/mol. The highest BCUT2D eigenvalue weighted by Gasteiger charge is 2.27. The van der Waals surface area contributed by atoms with Crippen molar-refractivity contribution in [1.29, 1.82) is 0 Å². The number of nitrogens with zero attached hydrogens (tertiary/aromatic N) is 1. The van der Waals surface area contributed by atoms with Crippen LogP contribution in [0.4, 0.5) is 0 Å². The molecule has 3 nitrogen and oxygen atoms in total. The van der Waals surface area contributed by atoms with Crippen molar-refractivity contribution in [3.63, 3.8) is 0 Å². The van der Waals surface area contributed by atoms with Gasteiger partial charge in [0.15, 0.2) is 0 Å². The summed E-state index contributed by atoms with van der Waals surface area (Å²) in [5, 5.41) is 3.16. The Labute approximate surface area is 74.1 Å². The van der Waals surface area contributed by atoms with Gasteiger partial charge in [-0.25, -0.2) is 0 Å². The lowest BCUT2D eigenvalue weighted by Gasteiger charge is -2.36. The summed E-state index contributed by atoms with van der Waals surface area (Å²) in [6.45, 7) is 5.96. The van der Waals surface area contributed by atoms with E-state index in [0.29, 0.717) is 6.04 Å². The molecule has 3 heteroatoms. The molecule has 0 aliphatic carbocycles. The number of amides is 1. The summed E-state index contributed by atoms with van der Waals surface area (Å²) in [4.78, 5) is 13.5. The topological polar surface area (TPSA) is 32.3 Å². The zero-order valence-electron chi connectivity index (χ0n) is 8.13. The monoisotopic (exact) mass is 170 g/mol. The van der Waals surface area contributed by atoms with E-state index >= 15 is 0 Å². The van der Waals surface area contributed by atoms with Crippen LogP contribution >= 0.6 is 0 Å². The summed E-state index contributed by atoms with van der Waals surface area (Å²) >= 11 is 0. The van der Waals surface area contributed by atoms with Gasteiger partial charge in [0.2, 0.25) is 5.91 Å². The van der Waals surface area contributed by atoms with E-state index in [1.165, 1.54) is 0 Å². The van der Waals surface area contributed by atoms with E-state index in [2.05, 4.69) is 12.2 Å². The molecule has 0 radical (unpaired) electrons. The summed E-state index contributed by atoms with van der Waals surface area (Å²) in [6, 6.07) is 0.437. The molecule has 1 rings (SSSR count). The van der Waals surface area contributed by atoms with Crippen molar-refractivity contribution < 1.29 is 4.79 Å². The van der Waals surface area contributed by atoms with Crippen molar-refractivity contribution in [3.05, 3.63) is 0 Å². The van der Waals surface area contributed by atoms with Crippen molar-refractivity contribution >= 4 is 5.91 Å². The summed E-state index contributed by atoms with van der Waals surface area (Å²) in [5.74, 6) is 0.458. The highest BCUT2D eigenvalue weighted by molar-refractivity contribution is 5.78. The van der Waals surface area contributed by atoms with E-state index in [4.69, 9.17) is 0 Å². The first-order chi connectivity index (χ1) is 5.66. The number of carbonyl (C=O) groups excluding carboxylic acids is 1. The number of likely N-dealkylation sites (N-methyl/N-ethyl adjacent to an activating group) is 1. The molecule has 0 bridgehead atoms. The molecule has 0 saturated carbocycles. The summed E-state index contributed by atoms with van der Waals surface area (Å²) < 4.78 is 0. The Bertz CT molecular complexity index is 166. The Hall–Kier alpha value is -0.570. The van der Waals surface area contributed by atoms with Gasteiger partial charge in [0.25, 0.3) is 0 Å². The fraction of sp³-hybridized carbons (Fsp3) is 0.889. The number of hydrogen-bond donors (Lipinski definition) is 1. The quantitative estimate of drug-likeness (QED) is 0.667. The van der Waals surface area contributed by atoms with Gasteiger partial charge < -0.3 is 10.2 Å². The van der Waals surface area contributed by atoms with Crippen molar-refractivity contribution in [3.8, 4) is 0 Å². The van der Waals surface area contributed by atoms with Gasteiger partial charge in [0.1, 0.15) is 0 Å². The second-order valence-electron chi connectivity index (χ2n) is 3.57. The third-order valence-electron chi connectivity index (χ3n) is 2.69. The fourth-order valence-electron chi connectivity index (χ4n) is 1.25. The number of hydrogen-bond acceptors (Lipinski definition) is 2. The van der Waals surface area contributed by atoms with Gasteiger partial charge in [0, 0.05) is 26.1 Å². The summed E-state index contributed by atoms with van der Waals surface area (Å²) in [7, 11) is 1.90. The van der Waals surface area contributed by atoms with Gasteiger partial charge >= 0.3 is 0 Å². The highest BCUT2D eigenvalue weighted by atomic mass is 16.2. The molecule has 1 saturated heterocycles. The van der Waals surface area contributed by atoms with E-state index < -0.39 is 0 Å². The Morgan fingerprint density at radius 1 is 1.67 bits per heavy atom. The SMILES string of the molecule is CCC(C)C(=O)N(C)C1CNC1. The molecule has 1 aliphatic heterocycles. The van der Waals surface area contributed by atoms with Crippen LogP contribution in [0.5, 0.6) is 0 Å². The normalized spacial score (nSPS) is 19.9. The molecule has 12 heavy (non-hydrogen) atoms. The number of carbonyl (C=O) groups is 1. The molecule has 1 atom stereocenters. The minimum Gasteiger partial charge on any atom is -0.340 e. The Balaban J connectivity index is 2.39. The second kappa shape index (κ2) is 3.90. The maximum Gasteiger partial charge on any atom is 0.225 e. The van der Waals surface area contributed by atoms with Gasteiger partial charge in [-0.05, 0) is 6.42 Å². The van der Waals surface area contributed by atoms with Crippen molar-refractivity contribution in [2.75, 3.05) is 20.1 Å². The van der Waals surface area contributed by atoms with Gasteiger partial charge in [-0.2, -0.15) is 0 Å². The molecule has 1 heterocycles. The smallest absolute Gasteiger partial charge is 0.225 e. The van der Waals surface area contributed by atoms with Crippen molar-refractivity contribution in [2.45, 2.75) is 26.3 Å². The maximum absolute atomic E-state index is 11.6. The first-order valence-electron chi connectivity index (χ1n) is 4.64. The van der Waals surface area contributed by atoms with Gasteiger partial charge in [-0.3, -0.25) is 4.79 Å². The van der Waals surface area contributed by atoms with Crippen LogP contribution < -0.4 is 5.32 Å². The van der Waals surface area contributed by atoms with Crippen LogP contribution in [0.2, 0.25) is 0 Å². The lowest BCUT2D eigenvalue weighted by atomic mass is 10.0. The van der Waals surface area contributed by atoms with E-state index in [1.54, 1.807) is 0 Å². The molecule has 1 N–H and O–H groups in total. The predicted molar refractivity (Wildman–Crippen MR) is 48.9 cm³/mol. The van der Waals surface area contributed by atoms with Crippen molar-refractivity contribution in [1.82, 2.24) is 10.2 Å². The van der Waals surface area contributed by atoms with Crippen LogP contribution in [0.15, 0.2) is 0 Å². The second-order valence-corrected chi connectivity index (χ2v) is 3.57. The molecule has 1 aliphatic rings. The fourth-order valence-corrected chi connectivity index (χ4v) is 1.25. The van der Waals surface area contributed by atoms with E-state index in [9.17, 15) is 4.79 Å². The Morgan fingerprint density at radius 3 is 2.58 bits per heavy atom. The number of nitrogens with one attached hydrogen (secondary N) is 1. The minimum atomic E-state index is 0.176. The van der Waals surface area contributed by atoms with Crippen LogP contribution in [0.1, 0.15) is 20.3 Å². The van der Waals surface area contributed by atoms with Crippen LogP contribution in [-0.4, -0.2) is 37.0 Å². The standard InChI is InChI=1S/C9H18N2O/c1-4-7(2)9(12)11(3)8-5-10-6-8/h7-8,10H,4-6H2,1-3H3. The largest absolute Gasteiger partial charge is 0.340 e. The lowest BCUT2D eigenvalue weighted by Crippen LogP contribution is -2.58. The van der Waals surface area contributed by atoms with E-state index in [-0.39, 0.29) is 11.8 Å². The average molecular weight is 170 g/mol. The van der Waals surface area contributed by atoms with Crippen LogP contribution in [0.3, 0.4) is 0 Å². The van der Waals surface area contributed by atoms with Gasteiger partial charge in [-0.1, -0.05) is 13.8 Å². The Kier molecular flexibility index (Phi) is 3.09. The zero-order chi connectivity index (χ0) is 9.14. The highest BCUT2D eigenvalue weighted by Crippen LogP contribution is 2.10. The molecule has 70 valence electrons. The molecule has 1 amide bonds. The lowest BCUT2D eigenvalue weighted by molar-refractivity contribution is -0.136. The molecule has 1 unspecified atom stereocenters. The summed E-state index contributed by atoms with van der Waals surface area (Å²) in [5.41, 5.74) is 0. The molecular formula is C9H18N2O. The molecule has 0 aromatic heterocycles. The van der Waals surface area contributed by atoms with Crippen LogP contribution in [-0.2, 0) is 4.79 Å². The number of rotatable bonds is 3. The van der Waals surface area contributed by atoms with Gasteiger partial charge in [-0.15, -0.1) is 0 Å². The first kappa shape index (κ1) is 9.52. The van der Waals surface area contributed by atoms with Crippen LogP contribution in [0.25, 0.3) is 0 Å². The molecule has 1 fully saturated rings. The maximum atomic E-state index is 11.6. The van der Waals surface area contributed by atoms with Gasteiger partial charge in [0.05, 0.1) is 6.04 Å². The molecule has 0 aromatic rings. The molecule has 0 spiro atoms. The third kappa shape index (κ3) is 1.78. The van der Waals surface area contributed by atoms with Crippen molar-refractivity contribution in [2.24, 2.45) is 5.92 Å². The summed E-state index contributed by atoms with van der Waals surface area (Å²) in [6.07, 6.45) is 0.934. The average Bonchev–Trinajstić information content (AvgIpc) is 1.98. The predicted octanol–water partition coefficient (Wildman–Crippen LogP) is 0.463. The minimum absolute atomic E-state index is 0.176.